The van der Waals surface area contributed by atoms with Gasteiger partial charge in [0.05, 0.1) is 0 Å². The highest BCUT2D eigenvalue weighted by atomic mass is 16.5. The summed E-state index contributed by atoms with van der Waals surface area (Å²) in [5.41, 5.74) is 5.22. The van der Waals surface area contributed by atoms with Gasteiger partial charge in [-0.3, -0.25) is 0 Å². The van der Waals surface area contributed by atoms with Gasteiger partial charge in [-0.05, 0) is 12.2 Å². The molecule has 0 rings (SSSR count). The molecular formula is C10H19NO. The van der Waals surface area contributed by atoms with Crippen molar-refractivity contribution in [2.24, 2.45) is 5.73 Å². The van der Waals surface area contributed by atoms with Gasteiger partial charge in [-0.15, -0.1) is 0 Å². The quantitative estimate of drug-likeness (QED) is 0.506. The second kappa shape index (κ2) is 12.6. The van der Waals surface area contributed by atoms with Crippen LogP contribution in [0.5, 0.6) is 0 Å². The number of nitrogens with two attached hydrogens (primary N) is 1. The van der Waals surface area contributed by atoms with Crippen molar-refractivity contribution in [3.8, 4) is 0 Å². The van der Waals surface area contributed by atoms with Gasteiger partial charge in [-0.2, -0.15) is 0 Å². The predicted octanol–water partition coefficient (Wildman–Crippen LogP) is 2.24. The maximum absolute atomic E-state index is 5.22. The lowest BCUT2D eigenvalue weighted by Crippen LogP contribution is -2.07. The Morgan fingerprint density at radius 3 is 2.33 bits per heavy atom. The Hall–Kier alpha value is -1.02. The van der Waals surface area contributed by atoms with Gasteiger partial charge in [0.1, 0.15) is 12.4 Å². The Labute approximate surface area is 75.4 Å². The monoisotopic (exact) mass is 169 g/mol. The van der Waals surface area contributed by atoms with E-state index in [-0.39, 0.29) is 0 Å². The van der Waals surface area contributed by atoms with Crippen LogP contribution in [0.3, 0.4) is 0 Å². The third-order valence-corrected chi connectivity index (χ3v) is 0.870. The van der Waals surface area contributed by atoms with E-state index in [1.807, 2.05) is 13.8 Å². The molecule has 0 aliphatic rings. The minimum Gasteiger partial charge on any atom is -0.492 e. The number of hydrogen-bond donors (Lipinski definition) is 1. The summed E-state index contributed by atoms with van der Waals surface area (Å²) in [4.78, 5) is 0. The molecular weight excluding hydrogens is 150 g/mol. The highest BCUT2D eigenvalue weighted by Gasteiger charge is 1.86. The molecule has 0 saturated carbocycles. The van der Waals surface area contributed by atoms with Crippen molar-refractivity contribution >= 4 is 0 Å². The van der Waals surface area contributed by atoms with Crippen LogP contribution < -0.4 is 5.73 Å². The molecule has 70 valence electrons. The zero-order chi connectivity index (χ0) is 9.82. The topological polar surface area (TPSA) is 35.2 Å². The molecule has 0 aliphatic carbocycles. The predicted molar refractivity (Wildman–Crippen MR) is 54.8 cm³/mol. The zero-order valence-corrected chi connectivity index (χ0v) is 8.05. The van der Waals surface area contributed by atoms with E-state index in [9.17, 15) is 0 Å². The molecule has 0 amide bonds. The summed E-state index contributed by atoms with van der Waals surface area (Å²) in [7, 11) is 0. The molecule has 0 unspecified atom stereocenters. The molecule has 0 aromatic heterocycles. The van der Waals surface area contributed by atoms with Crippen molar-refractivity contribution in [1.29, 1.82) is 0 Å². The second-order valence-corrected chi connectivity index (χ2v) is 1.65. The maximum atomic E-state index is 5.22. The molecule has 0 heterocycles. The first-order chi connectivity index (χ1) is 5.85. The average molecular weight is 169 g/mol. The van der Waals surface area contributed by atoms with Gasteiger partial charge >= 0.3 is 0 Å². The molecule has 0 spiro atoms. The SMILES string of the molecule is C=C/C=C(\C=C)OCCN.CC. The molecule has 0 bridgehead atoms. The molecule has 0 atom stereocenters. The zero-order valence-electron chi connectivity index (χ0n) is 8.05. The van der Waals surface area contributed by atoms with Crippen molar-refractivity contribution in [2.45, 2.75) is 13.8 Å². The van der Waals surface area contributed by atoms with E-state index in [1.54, 1.807) is 18.2 Å². The highest BCUT2D eigenvalue weighted by molar-refractivity contribution is 5.14. The largest absolute Gasteiger partial charge is 0.492 e. The van der Waals surface area contributed by atoms with Crippen LogP contribution in [-0.4, -0.2) is 13.2 Å². The Kier molecular flexibility index (Phi) is 14.3. The standard InChI is InChI=1S/C8H13NO.C2H6/c1-3-5-8(4-2)10-7-6-9;1-2/h3-5H,1-2,6-7,9H2;1-2H3/b8-5+;. The van der Waals surface area contributed by atoms with Crippen molar-refractivity contribution in [1.82, 2.24) is 0 Å². The van der Waals surface area contributed by atoms with E-state index in [0.29, 0.717) is 18.9 Å². The molecule has 2 heteroatoms. The minimum absolute atomic E-state index is 0.516. The van der Waals surface area contributed by atoms with Crippen LogP contribution in [0.4, 0.5) is 0 Å². The third-order valence-electron chi connectivity index (χ3n) is 0.870. The Morgan fingerprint density at radius 1 is 1.42 bits per heavy atom. The fraction of sp³-hybridized carbons (Fsp3) is 0.400. The number of rotatable bonds is 5. The van der Waals surface area contributed by atoms with E-state index in [0.717, 1.165) is 0 Å². The molecule has 0 radical (unpaired) electrons. The first-order valence-electron chi connectivity index (χ1n) is 4.13. The molecule has 0 aromatic rings. The number of hydrogen-bond acceptors (Lipinski definition) is 2. The summed E-state index contributed by atoms with van der Waals surface area (Å²) in [6, 6.07) is 0. The smallest absolute Gasteiger partial charge is 0.118 e. The van der Waals surface area contributed by atoms with Gasteiger partial charge in [0, 0.05) is 6.54 Å². The fourth-order valence-corrected chi connectivity index (χ4v) is 0.468. The lowest BCUT2D eigenvalue weighted by Gasteiger charge is -2.02. The summed E-state index contributed by atoms with van der Waals surface area (Å²) in [5.74, 6) is 0.709. The molecule has 0 aromatic carbocycles. The molecule has 12 heavy (non-hydrogen) atoms. The van der Waals surface area contributed by atoms with Crippen LogP contribution in [-0.2, 0) is 4.74 Å². The van der Waals surface area contributed by atoms with Crippen LogP contribution in [0, 0.1) is 0 Å². The fourth-order valence-electron chi connectivity index (χ4n) is 0.468. The molecule has 2 N–H and O–H groups in total. The van der Waals surface area contributed by atoms with Crippen molar-refractivity contribution in [3.63, 3.8) is 0 Å². The van der Waals surface area contributed by atoms with Crippen LogP contribution >= 0.6 is 0 Å². The molecule has 0 fully saturated rings. The third kappa shape index (κ3) is 8.98. The van der Waals surface area contributed by atoms with Crippen LogP contribution in [0.1, 0.15) is 13.8 Å². The van der Waals surface area contributed by atoms with E-state index >= 15 is 0 Å². The summed E-state index contributed by atoms with van der Waals surface area (Å²) in [5, 5.41) is 0. The number of ether oxygens (including phenoxy) is 1. The van der Waals surface area contributed by atoms with Crippen LogP contribution in [0.25, 0.3) is 0 Å². The Morgan fingerprint density at radius 2 is 2.00 bits per heavy atom. The highest BCUT2D eigenvalue weighted by Crippen LogP contribution is 1.96. The summed E-state index contributed by atoms with van der Waals surface area (Å²) in [6.45, 7) is 12.1. The van der Waals surface area contributed by atoms with Crippen molar-refractivity contribution in [2.75, 3.05) is 13.2 Å². The lowest BCUT2D eigenvalue weighted by atomic mass is 10.4. The van der Waals surface area contributed by atoms with Gasteiger partial charge < -0.3 is 10.5 Å². The minimum atomic E-state index is 0.516. The van der Waals surface area contributed by atoms with Gasteiger partial charge in [0.2, 0.25) is 0 Å². The first-order valence-corrected chi connectivity index (χ1v) is 4.13. The molecule has 0 aliphatic heterocycles. The van der Waals surface area contributed by atoms with E-state index in [2.05, 4.69) is 13.2 Å². The van der Waals surface area contributed by atoms with E-state index in [1.165, 1.54) is 0 Å². The van der Waals surface area contributed by atoms with Gasteiger partial charge in [0.15, 0.2) is 0 Å². The Bertz CT molecular complexity index is 139. The normalized spacial score (nSPS) is 9.42. The molecule has 2 nitrogen and oxygen atoms in total. The van der Waals surface area contributed by atoms with Crippen molar-refractivity contribution in [3.05, 3.63) is 37.1 Å². The first kappa shape index (κ1) is 13.6. The van der Waals surface area contributed by atoms with Gasteiger partial charge in [-0.25, -0.2) is 0 Å². The summed E-state index contributed by atoms with van der Waals surface area (Å²) < 4.78 is 5.13. The van der Waals surface area contributed by atoms with E-state index < -0.39 is 0 Å². The maximum Gasteiger partial charge on any atom is 0.118 e. The second-order valence-electron chi connectivity index (χ2n) is 1.65. The molecule has 0 saturated heterocycles. The van der Waals surface area contributed by atoms with Crippen LogP contribution in [0.2, 0.25) is 0 Å². The van der Waals surface area contributed by atoms with Gasteiger partial charge in [-0.1, -0.05) is 33.1 Å². The lowest BCUT2D eigenvalue weighted by molar-refractivity contribution is 0.234. The van der Waals surface area contributed by atoms with Crippen LogP contribution in [0.15, 0.2) is 37.1 Å². The Balaban J connectivity index is 0. The van der Waals surface area contributed by atoms with Crippen molar-refractivity contribution < 1.29 is 4.74 Å². The number of allylic oxidation sites excluding steroid dienone is 3. The summed E-state index contributed by atoms with van der Waals surface area (Å²) >= 11 is 0. The van der Waals surface area contributed by atoms with E-state index in [4.69, 9.17) is 10.5 Å². The van der Waals surface area contributed by atoms with Gasteiger partial charge in [0.25, 0.3) is 0 Å². The summed E-state index contributed by atoms with van der Waals surface area (Å²) in [6.07, 6.45) is 5.01. The average Bonchev–Trinajstić information content (AvgIpc) is 2.15.